The quantitative estimate of drug-likeness (QED) is 0.306. The molecule has 4 rings (SSSR count). The van der Waals surface area contributed by atoms with Crippen LogP contribution in [-0.4, -0.2) is 47.3 Å². The van der Waals surface area contributed by atoms with Crippen molar-refractivity contribution in [1.29, 1.82) is 0 Å². The van der Waals surface area contributed by atoms with Crippen LogP contribution in [-0.2, 0) is 32.7 Å². The van der Waals surface area contributed by atoms with Gasteiger partial charge in [-0.25, -0.2) is 27.5 Å². The van der Waals surface area contributed by atoms with E-state index >= 15 is 0 Å². The van der Waals surface area contributed by atoms with Crippen molar-refractivity contribution in [3.8, 4) is 0 Å². The van der Waals surface area contributed by atoms with E-state index in [4.69, 9.17) is 4.74 Å². The molecule has 0 spiro atoms. The molecule has 0 bridgehead atoms. The lowest BCUT2D eigenvalue weighted by Gasteiger charge is -2.11. The highest BCUT2D eigenvalue weighted by Crippen LogP contribution is 2.22. The molecule has 2 aromatic heterocycles. The summed E-state index contributed by atoms with van der Waals surface area (Å²) in [6.45, 7) is 2.51. The summed E-state index contributed by atoms with van der Waals surface area (Å²) in [6, 6.07) is 16.3. The number of ether oxygens (including phenoxy) is 1. The standard InChI is InChI=1S/C24H24N4O4S/c1-4-28-22-13-12-19(33(30,31)27(2)3)15-21(22)26-23(28)16-32-24(29)14-11-18-10-9-17-7-5-6-8-20(17)25-18/h5-15H,4,16H2,1-3H3. The van der Waals surface area contributed by atoms with Gasteiger partial charge in [-0.3, -0.25) is 0 Å². The third-order valence-corrected chi connectivity index (χ3v) is 7.06. The first-order chi connectivity index (χ1) is 15.8. The number of carbonyl (C=O) groups is 1. The van der Waals surface area contributed by atoms with E-state index in [0.717, 1.165) is 20.7 Å². The minimum Gasteiger partial charge on any atom is -0.454 e. The molecule has 2 heterocycles. The van der Waals surface area contributed by atoms with E-state index in [-0.39, 0.29) is 11.5 Å². The van der Waals surface area contributed by atoms with Crippen LogP contribution in [0.5, 0.6) is 0 Å². The molecule has 0 aliphatic carbocycles. The van der Waals surface area contributed by atoms with Gasteiger partial charge in [0.25, 0.3) is 0 Å². The highest BCUT2D eigenvalue weighted by atomic mass is 32.2. The highest BCUT2D eigenvalue weighted by molar-refractivity contribution is 7.89. The number of hydrogen-bond donors (Lipinski definition) is 0. The van der Waals surface area contributed by atoms with Gasteiger partial charge in [0.05, 0.1) is 27.1 Å². The number of para-hydroxylation sites is 1. The molecule has 0 saturated heterocycles. The molecular weight excluding hydrogens is 440 g/mol. The molecule has 0 unspecified atom stereocenters. The molecule has 9 heteroatoms. The first kappa shape index (κ1) is 22.6. The van der Waals surface area contributed by atoms with Gasteiger partial charge in [-0.15, -0.1) is 0 Å². The fraction of sp³-hybridized carbons (Fsp3) is 0.208. The van der Waals surface area contributed by atoms with Gasteiger partial charge in [-0.2, -0.15) is 0 Å². The zero-order valence-electron chi connectivity index (χ0n) is 18.6. The largest absolute Gasteiger partial charge is 0.454 e. The second-order valence-corrected chi connectivity index (χ2v) is 9.73. The van der Waals surface area contributed by atoms with Crippen LogP contribution < -0.4 is 0 Å². The Morgan fingerprint density at radius 2 is 1.85 bits per heavy atom. The molecule has 0 aliphatic heterocycles. The monoisotopic (exact) mass is 464 g/mol. The number of nitrogens with zero attached hydrogens (tertiary/aromatic N) is 4. The summed E-state index contributed by atoms with van der Waals surface area (Å²) >= 11 is 0. The highest BCUT2D eigenvalue weighted by Gasteiger charge is 2.19. The lowest BCUT2D eigenvalue weighted by atomic mass is 10.2. The number of rotatable bonds is 7. The maximum Gasteiger partial charge on any atom is 0.331 e. The maximum absolute atomic E-state index is 12.4. The summed E-state index contributed by atoms with van der Waals surface area (Å²) in [5.41, 5.74) is 2.81. The van der Waals surface area contributed by atoms with Gasteiger partial charge in [-0.05, 0) is 43.3 Å². The Bertz CT molecular complexity index is 1470. The second kappa shape index (κ2) is 9.13. The molecule has 0 saturated carbocycles. The van der Waals surface area contributed by atoms with Crippen molar-refractivity contribution in [2.45, 2.75) is 25.0 Å². The van der Waals surface area contributed by atoms with Crippen molar-refractivity contribution >= 4 is 44.0 Å². The van der Waals surface area contributed by atoms with Crippen LogP contribution in [0.3, 0.4) is 0 Å². The van der Waals surface area contributed by atoms with Gasteiger partial charge in [0.2, 0.25) is 10.0 Å². The summed E-state index contributed by atoms with van der Waals surface area (Å²) in [5, 5.41) is 1.03. The van der Waals surface area contributed by atoms with Crippen molar-refractivity contribution in [3.05, 3.63) is 72.2 Å². The molecule has 0 fully saturated rings. The maximum atomic E-state index is 12.4. The smallest absolute Gasteiger partial charge is 0.331 e. The van der Waals surface area contributed by atoms with Crippen molar-refractivity contribution in [2.75, 3.05) is 14.1 Å². The van der Waals surface area contributed by atoms with Crippen LogP contribution in [0, 0.1) is 0 Å². The lowest BCUT2D eigenvalue weighted by Crippen LogP contribution is -2.22. The van der Waals surface area contributed by atoms with E-state index in [1.807, 2.05) is 47.9 Å². The predicted octanol–water partition coefficient (Wildman–Crippen LogP) is 3.61. The minimum absolute atomic E-state index is 0.0351. The molecule has 33 heavy (non-hydrogen) atoms. The Kier molecular flexibility index (Phi) is 6.26. The number of fused-ring (bicyclic) bond motifs is 2. The van der Waals surface area contributed by atoms with E-state index in [9.17, 15) is 13.2 Å². The van der Waals surface area contributed by atoms with Crippen molar-refractivity contribution < 1.29 is 17.9 Å². The Labute approximate surface area is 192 Å². The van der Waals surface area contributed by atoms with Crippen LogP contribution in [0.15, 0.2) is 65.6 Å². The van der Waals surface area contributed by atoms with Gasteiger partial charge >= 0.3 is 5.97 Å². The third kappa shape index (κ3) is 4.64. The molecule has 4 aromatic rings. The fourth-order valence-electron chi connectivity index (χ4n) is 3.51. The van der Waals surface area contributed by atoms with Crippen LogP contribution in [0.25, 0.3) is 28.0 Å². The summed E-state index contributed by atoms with van der Waals surface area (Å²) in [4.78, 5) is 21.4. The number of pyridine rings is 1. The Morgan fingerprint density at radius 1 is 1.06 bits per heavy atom. The molecule has 2 aromatic carbocycles. The second-order valence-electron chi connectivity index (χ2n) is 7.58. The van der Waals surface area contributed by atoms with Crippen molar-refractivity contribution in [2.24, 2.45) is 0 Å². The van der Waals surface area contributed by atoms with Gasteiger partial charge in [0, 0.05) is 32.1 Å². The lowest BCUT2D eigenvalue weighted by molar-refractivity contribution is -0.139. The zero-order valence-corrected chi connectivity index (χ0v) is 19.4. The van der Waals surface area contributed by atoms with Crippen LogP contribution >= 0.6 is 0 Å². The fourth-order valence-corrected chi connectivity index (χ4v) is 4.43. The average Bonchev–Trinajstić information content (AvgIpc) is 3.17. The molecule has 0 radical (unpaired) electrons. The van der Waals surface area contributed by atoms with Crippen LogP contribution in [0.4, 0.5) is 0 Å². The number of esters is 1. The molecule has 8 nitrogen and oxygen atoms in total. The van der Waals surface area contributed by atoms with Gasteiger partial charge in [0.1, 0.15) is 12.4 Å². The normalized spacial score (nSPS) is 12.2. The van der Waals surface area contributed by atoms with Crippen LogP contribution in [0.1, 0.15) is 18.4 Å². The first-order valence-corrected chi connectivity index (χ1v) is 11.9. The minimum atomic E-state index is -3.57. The molecular formula is C24H24N4O4S. The van der Waals surface area contributed by atoms with E-state index < -0.39 is 16.0 Å². The van der Waals surface area contributed by atoms with Gasteiger partial charge in [0.15, 0.2) is 0 Å². The van der Waals surface area contributed by atoms with Crippen LogP contribution in [0.2, 0.25) is 0 Å². The number of carbonyl (C=O) groups excluding carboxylic acids is 1. The third-order valence-electron chi connectivity index (χ3n) is 5.25. The summed E-state index contributed by atoms with van der Waals surface area (Å²) in [5.74, 6) is 0.0213. The zero-order chi connectivity index (χ0) is 23.6. The Hall–Kier alpha value is -3.56. The number of aromatic nitrogens is 3. The topological polar surface area (TPSA) is 94.4 Å². The van der Waals surface area contributed by atoms with E-state index in [0.29, 0.717) is 23.6 Å². The summed E-state index contributed by atoms with van der Waals surface area (Å²) < 4.78 is 33.3. The molecule has 0 amide bonds. The van der Waals surface area contributed by atoms with E-state index in [1.54, 1.807) is 18.2 Å². The average molecular weight is 465 g/mol. The number of hydrogen-bond acceptors (Lipinski definition) is 6. The SMILES string of the molecule is CCn1c(COC(=O)C=Cc2ccc3ccccc3n2)nc2cc(S(=O)(=O)N(C)C)ccc21. The van der Waals surface area contributed by atoms with E-state index in [2.05, 4.69) is 9.97 Å². The first-order valence-electron chi connectivity index (χ1n) is 10.4. The molecule has 170 valence electrons. The predicted molar refractivity (Wildman–Crippen MR) is 127 cm³/mol. The number of benzene rings is 2. The van der Waals surface area contributed by atoms with Gasteiger partial charge < -0.3 is 9.30 Å². The molecule has 0 aliphatic rings. The number of imidazole rings is 1. The summed E-state index contributed by atoms with van der Waals surface area (Å²) in [7, 11) is -0.604. The Morgan fingerprint density at radius 3 is 2.61 bits per heavy atom. The number of aryl methyl sites for hydroxylation is 1. The Balaban J connectivity index is 1.50. The molecule has 0 N–H and O–H groups in total. The molecule has 0 atom stereocenters. The van der Waals surface area contributed by atoms with E-state index in [1.165, 1.54) is 26.2 Å². The van der Waals surface area contributed by atoms with Crippen molar-refractivity contribution in [3.63, 3.8) is 0 Å². The van der Waals surface area contributed by atoms with Gasteiger partial charge in [-0.1, -0.05) is 24.3 Å². The number of sulfonamides is 1. The van der Waals surface area contributed by atoms with Crippen molar-refractivity contribution in [1.82, 2.24) is 18.8 Å². The summed E-state index contributed by atoms with van der Waals surface area (Å²) in [6.07, 6.45) is 2.94.